The molecular formula is C17H22N4O. The van der Waals surface area contributed by atoms with E-state index in [-0.39, 0.29) is 5.91 Å². The van der Waals surface area contributed by atoms with Crippen LogP contribution in [0.5, 0.6) is 0 Å². The van der Waals surface area contributed by atoms with Crippen LogP contribution >= 0.6 is 0 Å². The summed E-state index contributed by atoms with van der Waals surface area (Å²) in [5, 5.41) is 7.48. The SMILES string of the molecule is Cn1nc(-c2ccccn2)cc1CNC(=O)CC1CCCC1. The molecule has 1 aliphatic carbocycles. The minimum absolute atomic E-state index is 0.146. The summed E-state index contributed by atoms with van der Waals surface area (Å²) in [7, 11) is 1.89. The van der Waals surface area contributed by atoms with Gasteiger partial charge in [-0.3, -0.25) is 14.5 Å². The zero-order chi connectivity index (χ0) is 15.4. The molecule has 0 aliphatic heterocycles. The molecule has 1 saturated carbocycles. The summed E-state index contributed by atoms with van der Waals surface area (Å²) in [6.07, 6.45) is 7.35. The highest BCUT2D eigenvalue weighted by molar-refractivity contribution is 5.76. The number of aryl methyl sites for hydroxylation is 1. The fraction of sp³-hybridized carbons (Fsp3) is 0.471. The number of pyridine rings is 1. The van der Waals surface area contributed by atoms with Gasteiger partial charge in [0.1, 0.15) is 5.69 Å². The molecule has 1 amide bonds. The highest BCUT2D eigenvalue weighted by Crippen LogP contribution is 2.27. The van der Waals surface area contributed by atoms with E-state index in [4.69, 9.17) is 0 Å². The molecule has 116 valence electrons. The number of hydrogen-bond donors (Lipinski definition) is 1. The second-order valence-electron chi connectivity index (χ2n) is 5.99. The quantitative estimate of drug-likeness (QED) is 0.923. The smallest absolute Gasteiger partial charge is 0.220 e. The van der Waals surface area contributed by atoms with E-state index in [0.29, 0.717) is 18.9 Å². The Morgan fingerprint density at radius 1 is 1.32 bits per heavy atom. The van der Waals surface area contributed by atoms with E-state index in [9.17, 15) is 4.79 Å². The van der Waals surface area contributed by atoms with Crippen LogP contribution < -0.4 is 5.32 Å². The van der Waals surface area contributed by atoms with Crippen LogP contribution in [-0.4, -0.2) is 20.7 Å². The van der Waals surface area contributed by atoms with Gasteiger partial charge in [0, 0.05) is 19.7 Å². The second-order valence-corrected chi connectivity index (χ2v) is 5.99. The van der Waals surface area contributed by atoms with Crippen LogP contribution in [-0.2, 0) is 18.4 Å². The van der Waals surface area contributed by atoms with E-state index in [2.05, 4.69) is 15.4 Å². The standard InChI is InChI=1S/C17H22N4O/c1-21-14(11-16(20-21)15-8-4-5-9-18-15)12-19-17(22)10-13-6-2-3-7-13/h4-5,8-9,11,13H,2-3,6-7,10,12H2,1H3,(H,19,22). The molecule has 2 aromatic heterocycles. The number of aromatic nitrogens is 3. The third kappa shape index (κ3) is 3.53. The van der Waals surface area contributed by atoms with Gasteiger partial charge in [-0.15, -0.1) is 0 Å². The molecule has 1 aliphatic rings. The lowest BCUT2D eigenvalue weighted by atomic mass is 10.0. The van der Waals surface area contributed by atoms with Crippen molar-refractivity contribution in [2.24, 2.45) is 13.0 Å². The lowest BCUT2D eigenvalue weighted by molar-refractivity contribution is -0.122. The van der Waals surface area contributed by atoms with Crippen molar-refractivity contribution < 1.29 is 4.79 Å². The van der Waals surface area contributed by atoms with Crippen LogP contribution in [0.3, 0.4) is 0 Å². The van der Waals surface area contributed by atoms with E-state index >= 15 is 0 Å². The van der Waals surface area contributed by atoms with Crippen LogP contribution in [0.25, 0.3) is 11.4 Å². The molecule has 0 radical (unpaired) electrons. The van der Waals surface area contributed by atoms with E-state index in [1.165, 1.54) is 25.7 Å². The average Bonchev–Trinajstić information content (AvgIpc) is 3.16. The number of nitrogens with one attached hydrogen (secondary N) is 1. The molecule has 2 heterocycles. The normalized spacial score (nSPS) is 15.1. The predicted octanol–water partition coefficient (Wildman–Crippen LogP) is 2.68. The Labute approximate surface area is 130 Å². The Hall–Kier alpha value is -2.17. The van der Waals surface area contributed by atoms with Crippen molar-refractivity contribution >= 4 is 5.91 Å². The van der Waals surface area contributed by atoms with Crippen LogP contribution in [0.15, 0.2) is 30.5 Å². The fourth-order valence-corrected chi connectivity index (χ4v) is 3.05. The van der Waals surface area contributed by atoms with Gasteiger partial charge in [-0.2, -0.15) is 5.10 Å². The van der Waals surface area contributed by atoms with E-state index in [1.807, 2.05) is 31.3 Å². The van der Waals surface area contributed by atoms with Crippen molar-refractivity contribution in [3.63, 3.8) is 0 Å². The molecule has 0 aromatic carbocycles. The highest BCUT2D eigenvalue weighted by Gasteiger charge is 2.18. The first kappa shape index (κ1) is 14.8. The Bertz CT molecular complexity index is 629. The molecule has 2 aromatic rings. The van der Waals surface area contributed by atoms with Gasteiger partial charge in [-0.1, -0.05) is 18.9 Å². The first-order chi connectivity index (χ1) is 10.7. The number of carbonyl (C=O) groups is 1. The van der Waals surface area contributed by atoms with E-state index in [0.717, 1.165) is 17.1 Å². The summed E-state index contributed by atoms with van der Waals surface area (Å²) in [6, 6.07) is 7.75. The van der Waals surface area contributed by atoms with Crippen LogP contribution in [0.1, 0.15) is 37.8 Å². The summed E-state index contributed by atoms with van der Waals surface area (Å²) in [4.78, 5) is 16.3. The molecule has 1 N–H and O–H groups in total. The van der Waals surface area contributed by atoms with Crippen molar-refractivity contribution in [2.75, 3.05) is 0 Å². The first-order valence-corrected chi connectivity index (χ1v) is 7.93. The van der Waals surface area contributed by atoms with Gasteiger partial charge in [0.2, 0.25) is 5.91 Å². The van der Waals surface area contributed by atoms with Crippen molar-refractivity contribution in [1.82, 2.24) is 20.1 Å². The lowest BCUT2D eigenvalue weighted by Gasteiger charge is -2.09. The summed E-state index contributed by atoms with van der Waals surface area (Å²) >= 11 is 0. The summed E-state index contributed by atoms with van der Waals surface area (Å²) < 4.78 is 1.81. The Kier molecular flexibility index (Phi) is 4.51. The zero-order valence-corrected chi connectivity index (χ0v) is 13.0. The van der Waals surface area contributed by atoms with Crippen molar-refractivity contribution in [3.8, 4) is 11.4 Å². The van der Waals surface area contributed by atoms with Crippen molar-refractivity contribution in [3.05, 3.63) is 36.2 Å². The fourth-order valence-electron chi connectivity index (χ4n) is 3.05. The third-order valence-electron chi connectivity index (χ3n) is 4.32. The van der Waals surface area contributed by atoms with Gasteiger partial charge in [-0.25, -0.2) is 0 Å². The number of rotatable bonds is 5. The Morgan fingerprint density at radius 3 is 2.86 bits per heavy atom. The van der Waals surface area contributed by atoms with Gasteiger partial charge in [0.15, 0.2) is 0 Å². The minimum Gasteiger partial charge on any atom is -0.350 e. The maximum atomic E-state index is 12.0. The monoisotopic (exact) mass is 298 g/mol. The van der Waals surface area contributed by atoms with Gasteiger partial charge in [0.05, 0.1) is 17.9 Å². The molecule has 0 bridgehead atoms. The summed E-state index contributed by atoms with van der Waals surface area (Å²) in [5.41, 5.74) is 2.67. The molecule has 0 saturated heterocycles. The highest BCUT2D eigenvalue weighted by atomic mass is 16.1. The van der Waals surface area contributed by atoms with Gasteiger partial charge in [-0.05, 0) is 37.0 Å². The number of amides is 1. The average molecular weight is 298 g/mol. The van der Waals surface area contributed by atoms with Gasteiger partial charge in [0.25, 0.3) is 0 Å². The molecule has 3 rings (SSSR count). The lowest BCUT2D eigenvalue weighted by Crippen LogP contribution is -2.25. The molecule has 5 nitrogen and oxygen atoms in total. The van der Waals surface area contributed by atoms with Crippen molar-refractivity contribution in [2.45, 2.75) is 38.6 Å². The zero-order valence-electron chi connectivity index (χ0n) is 13.0. The number of carbonyl (C=O) groups excluding carboxylic acids is 1. The summed E-state index contributed by atoms with van der Waals surface area (Å²) in [6.45, 7) is 0.516. The van der Waals surface area contributed by atoms with E-state index in [1.54, 1.807) is 10.9 Å². The van der Waals surface area contributed by atoms with Gasteiger partial charge >= 0.3 is 0 Å². The largest absolute Gasteiger partial charge is 0.350 e. The molecule has 22 heavy (non-hydrogen) atoms. The van der Waals surface area contributed by atoms with E-state index < -0.39 is 0 Å². The van der Waals surface area contributed by atoms with Crippen molar-refractivity contribution in [1.29, 1.82) is 0 Å². The maximum Gasteiger partial charge on any atom is 0.220 e. The number of nitrogens with zero attached hydrogens (tertiary/aromatic N) is 3. The topological polar surface area (TPSA) is 59.8 Å². The molecular weight excluding hydrogens is 276 g/mol. The Balaban J connectivity index is 1.58. The van der Waals surface area contributed by atoms with Crippen LogP contribution in [0.2, 0.25) is 0 Å². The Morgan fingerprint density at radius 2 is 2.14 bits per heavy atom. The number of hydrogen-bond acceptors (Lipinski definition) is 3. The summed E-state index contributed by atoms with van der Waals surface area (Å²) in [5.74, 6) is 0.725. The van der Waals surface area contributed by atoms with Crippen LogP contribution in [0.4, 0.5) is 0 Å². The third-order valence-corrected chi connectivity index (χ3v) is 4.32. The molecule has 0 unspecified atom stereocenters. The molecule has 5 heteroatoms. The maximum absolute atomic E-state index is 12.0. The predicted molar refractivity (Wildman–Crippen MR) is 84.9 cm³/mol. The van der Waals surface area contributed by atoms with Gasteiger partial charge < -0.3 is 5.32 Å². The molecule has 0 spiro atoms. The second kappa shape index (κ2) is 6.73. The van der Waals surface area contributed by atoms with Crippen LogP contribution in [0, 0.1) is 5.92 Å². The minimum atomic E-state index is 0.146. The first-order valence-electron chi connectivity index (χ1n) is 7.93. The molecule has 0 atom stereocenters. The molecule has 1 fully saturated rings.